The summed E-state index contributed by atoms with van der Waals surface area (Å²) < 4.78 is 0. The highest BCUT2D eigenvalue weighted by atomic mass is 28.3. The molecule has 0 saturated heterocycles. The third kappa shape index (κ3) is 7.63. The van der Waals surface area contributed by atoms with Crippen LogP contribution in [0.2, 0.25) is 39.3 Å². The van der Waals surface area contributed by atoms with Crippen LogP contribution in [0.3, 0.4) is 0 Å². The molecule has 1 aromatic rings. The molecule has 1 rings (SSSR count). The molecule has 0 amide bonds. The first kappa shape index (κ1) is 19.7. The summed E-state index contributed by atoms with van der Waals surface area (Å²) in [6.07, 6.45) is 2.80. The quantitative estimate of drug-likeness (QED) is 0.388. The Kier molecular flexibility index (Phi) is 6.79. The van der Waals surface area contributed by atoms with Gasteiger partial charge in [-0.25, -0.2) is 0 Å². The maximum absolute atomic E-state index is 12.4. The molecule has 0 aliphatic heterocycles. The smallest absolute Gasteiger partial charge is 0.163 e. The molecule has 0 N–H and O–H groups in total. The number of carbonyl (C=O) groups excluding carboxylic acids is 1. The van der Waals surface area contributed by atoms with Crippen LogP contribution in [0.15, 0.2) is 41.6 Å². The van der Waals surface area contributed by atoms with Gasteiger partial charge in [0.05, 0.1) is 8.07 Å². The average Bonchev–Trinajstić information content (AvgIpc) is 2.42. The van der Waals surface area contributed by atoms with Crippen LogP contribution < -0.4 is 0 Å². The van der Waals surface area contributed by atoms with Crippen LogP contribution in [-0.4, -0.2) is 21.9 Å². The zero-order valence-electron chi connectivity index (χ0n) is 15.7. The van der Waals surface area contributed by atoms with Crippen molar-refractivity contribution < 1.29 is 4.79 Å². The van der Waals surface area contributed by atoms with Crippen molar-refractivity contribution in [1.29, 1.82) is 0 Å². The highest BCUT2D eigenvalue weighted by molar-refractivity contribution is 6.86. The van der Waals surface area contributed by atoms with Gasteiger partial charge in [-0.15, -0.1) is 5.54 Å². The van der Waals surface area contributed by atoms with Crippen molar-refractivity contribution in [2.45, 2.75) is 52.6 Å². The fourth-order valence-electron chi connectivity index (χ4n) is 2.11. The zero-order chi connectivity index (χ0) is 17.7. The van der Waals surface area contributed by atoms with Gasteiger partial charge in [-0.3, -0.25) is 4.79 Å². The van der Waals surface area contributed by atoms with Gasteiger partial charge < -0.3 is 0 Å². The molecule has 1 nitrogen and oxygen atoms in total. The standard InChI is InChI=1S/C20H30OSi2/c1-17(16-20(21)18-11-9-8-10-12-18)15-19(23(5,6)7)13-14-22(2,3)4/h8-12,15,17H,16H2,1-7H3/b19-15+. The molecule has 23 heavy (non-hydrogen) atoms. The van der Waals surface area contributed by atoms with E-state index in [4.69, 9.17) is 0 Å². The molecule has 0 saturated carbocycles. The van der Waals surface area contributed by atoms with Crippen molar-refractivity contribution in [2.24, 2.45) is 5.92 Å². The zero-order valence-corrected chi connectivity index (χ0v) is 17.7. The minimum atomic E-state index is -1.48. The summed E-state index contributed by atoms with van der Waals surface area (Å²) in [6, 6.07) is 9.56. The van der Waals surface area contributed by atoms with E-state index in [0.717, 1.165) is 5.56 Å². The Morgan fingerprint density at radius 3 is 2.13 bits per heavy atom. The molecule has 0 aromatic heterocycles. The molecule has 0 heterocycles. The second-order valence-electron chi connectivity index (χ2n) is 8.30. The van der Waals surface area contributed by atoms with Gasteiger partial charge in [0.1, 0.15) is 8.07 Å². The van der Waals surface area contributed by atoms with Gasteiger partial charge in [-0.05, 0) is 11.1 Å². The molecule has 0 bridgehead atoms. The van der Waals surface area contributed by atoms with Gasteiger partial charge in [0.15, 0.2) is 5.78 Å². The summed E-state index contributed by atoms with van der Waals surface area (Å²) in [5.74, 6) is 3.90. The molecule has 0 fully saturated rings. The lowest BCUT2D eigenvalue weighted by Gasteiger charge is -2.19. The summed E-state index contributed by atoms with van der Waals surface area (Å²) in [5, 5.41) is 1.29. The molecule has 124 valence electrons. The lowest BCUT2D eigenvalue weighted by molar-refractivity contribution is 0.0972. The summed E-state index contributed by atoms with van der Waals surface area (Å²) in [5.41, 5.74) is 4.29. The van der Waals surface area contributed by atoms with Crippen LogP contribution in [0.4, 0.5) is 0 Å². The van der Waals surface area contributed by atoms with E-state index in [1.54, 1.807) is 0 Å². The van der Waals surface area contributed by atoms with Crippen molar-refractivity contribution in [1.82, 2.24) is 0 Å². The van der Waals surface area contributed by atoms with Gasteiger partial charge >= 0.3 is 0 Å². The van der Waals surface area contributed by atoms with Crippen LogP contribution in [0, 0.1) is 17.4 Å². The fourth-order valence-corrected chi connectivity index (χ4v) is 3.97. The van der Waals surface area contributed by atoms with Crippen LogP contribution in [0.25, 0.3) is 0 Å². The van der Waals surface area contributed by atoms with Crippen LogP contribution in [0.1, 0.15) is 23.7 Å². The van der Waals surface area contributed by atoms with Gasteiger partial charge in [0.2, 0.25) is 0 Å². The number of ketones is 1. The molecule has 0 radical (unpaired) electrons. The van der Waals surface area contributed by atoms with Crippen molar-refractivity contribution in [3.8, 4) is 11.5 Å². The fraction of sp³-hybridized carbons (Fsp3) is 0.450. The van der Waals surface area contributed by atoms with Crippen LogP contribution in [0.5, 0.6) is 0 Å². The van der Waals surface area contributed by atoms with E-state index in [2.05, 4.69) is 63.7 Å². The van der Waals surface area contributed by atoms with Gasteiger partial charge in [0, 0.05) is 12.0 Å². The lowest BCUT2D eigenvalue weighted by Crippen LogP contribution is -2.25. The van der Waals surface area contributed by atoms with Crippen LogP contribution in [-0.2, 0) is 0 Å². The topological polar surface area (TPSA) is 17.1 Å². The van der Waals surface area contributed by atoms with Crippen molar-refractivity contribution >= 4 is 21.9 Å². The largest absolute Gasteiger partial charge is 0.294 e. The predicted octanol–water partition coefficient (Wildman–Crippen LogP) is 5.58. The highest BCUT2D eigenvalue weighted by Gasteiger charge is 2.20. The van der Waals surface area contributed by atoms with E-state index in [0.29, 0.717) is 6.42 Å². The molecule has 0 aliphatic carbocycles. The number of rotatable bonds is 5. The molecule has 1 aromatic carbocycles. The minimum Gasteiger partial charge on any atom is -0.294 e. The average molecular weight is 343 g/mol. The number of benzene rings is 1. The van der Waals surface area contributed by atoms with Gasteiger partial charge in [-0.2, -0.15) is 0 Å². The van der Waals surface area contributed by atoms with E-state index in [-0.39, 0.29) is 11.7 Å². The molecule has 0 spiro atoms. The summed E-state index contributed by atoms with van der Waals surface area (Å²) in [7, 11) is -2.86. The lowest BCUT2D eigenvalue weighted by atomic mass is 9.99. The first-order valence-electron chi connectivity index (χ1n) is 8.33. The SMILES string of the molecule is CC(/C=C(\C#C[Si](C)(C)C)[Si](C)(C)C)CC(=O)c1ccccc1. The third-order valence-electron chi connectivity index (χ3n) is 3.43. The van der Waals surface area contributed by atoms with E-state index in [1.807, 2.05) is 30.3 Å². The van der Waals surface area contributed by atoms with E-state index >= 15 is 0 Å². The maximum Gasteiger partial charge on any atom is 0.163 e. The van der Waals surface area contributed by atoms with E-state index in [9.17, 15) is 4.79 Å². The second-order valence-corrected chi connectivity index (χ2v) is 18.1. The van der Waals surface area contributed by atoms with E-state index < -0.39 is 16.1 Å². The van der Waals surface area contributed by atoms with E-state index in [1.165, 1.54) is 5.20 Å². The Bertz CT molecular complexity index is 620. The molecule has 3 heteroatoms. The molecule has 1 atom stereocenters. The molecule has 1 unspecified atom stereocenters. The molecular formula is C20H30OSi2. The first-order valence-corrected chi connectivity index (χ1v) is 15.3. The molecular weight excluding hydrogens is 312 g/mol. The second kappa shape index (κ2) is 7.94. The van der Waals surface area contributed by atoms with Crippen molar-refractivity contribution in [3.63, 3.8) is 0 Å². The Labute approximate surface area is 144 Å². The van der Waals surface area contributed by atoms with Crippen molar-refractivity contribution in [2.75, 3.05) is 0 Å². The number of carbonyl (C=O) groups is 1. The Morgan fingerprint density at radius 2 is 1.65 bits per heavy atom. The summed E-state index contributed by atoms with van der Waals surface area (Å²) in [4.78, 5) is 12.4. The normalized spacial score (nSPS) is 14.0. The Morgan fingerprint density at radius 1 is 1.09 bits per heavy atom. The predicted molar refractivity (Wildman–Crippen MR) is 107 cm³/mol. The van der Waals surface area contributed by atoms with Gasteiger partial charge in [-0.1, -0.05) is 88.5 Å². The number of allylic oxidation sites excluding steroid dienone is 2. The number of hydrogen-bond acceptors (Lipinski definition) is 1. The first-order chi connectivity index (χ1) is 10.5. The van der Waals surface area contributed by atoms with Crippen molar-refractivity contribution in [3.05, 3.63) is 47.2 Å². The summed E-state index contributed by atoms with van der Waals surface area (Å²) >= 11 is 0. The highest BCUT2D eigenvalue weighted by Crippen LogP contribution is 2.19. The number of hydrogen-bond donors (Lipinski definition) is 0. The Balaban J connectivity index is 2.94. The maximum atomic E-state index is 12.4. The van der Waals surface area contributed by atoms with Crippen LogP contribution >= 0.6 is 0 Å². The summed E-state index contributed by atoms with van der Waals surface area (Å²) in [6.45, 7) is 15.9. The molecule has 0 aliphatic rings. The monoisotopic (exact) mass is 342 g/mol. The van der Waals surface area contributed by atoms with Gasteiger partial charge in [0.25, 0.3) is 0 Å². The minimum absolute atomic E-state index is 0.211. The Hall–Kier alpha value is -1.38. The number of Topliss-reactive ketones (excluding diaryl/α,β-unsaturated/α-hetero) is 1. The third-order valence-corrected chi connectivity index (χ3v) is 6.22.